The predicted octanol–water partition coefficient (Wildman–Crippen LogP) is 2.73. The van der Waals surface area contributed by atoms with Crippen LogP contribution in [0.3, 0.4) is 0 Å². The summed E-state index contributed by atoms with van der Waals surface area (Å²) in [6.07, 6.45) is 1.76. The number of halogens is 1. The van der Waals surface area contributed by atoms with E-state index in [0.717, 1.165) is 16.6 Å². The van der Waals surface area contributed by atoms with Crippen LogP contribution in [0.1, 0.15) is 25.5 Å². The van der Waals surface area contributed by atoms with Gasteiger partial charge in [0.15, 0.2) is 0 Å². The van der Waals surface area contributed by atoms with E-state index in [1.807, 2.05) is 0 Å². The minimum absolute atomic E-state index is 0.424. The number of aromatic nitrogens is 3. The molecule has 4 heteroatoms. The van der Waals surface area contributed by atoms with E-state index in [9.17, 15) is 0 Å². The third-order valence-electron chi connectivity index (χ3n) is 2.01. The van der Waals surface area contributed by atoms with Crippen LogP contribution in [-0.2, 0) is 0 Å². The molecule has 0 aliphatic rings. The van der Waals surface area contributed by atoms with Gasteiger partial charge in [0.2, 0.25) is 0 Å². The number of aromatic amines is 1. The monoisotopic (exact) mass is 195 g/mol. The highest BCUT2D eigenvalue weighted by atomic mass is 35.5. The Morgan fingerprint density at radius 2 is 2.23 bits per heavy atom. The molecule has 13 heavy (non-hydrogen) atoms. The molecule has 0 spiro atoms. The molecule has 2 heterocycles. The summed E-state index contributed by atoms with van der Waals surface area (Å²) in [4.78, 5) is 4.03. The summed E-state index contributed by atoms with van der Waals surface area (Å²) in [6.45, 7) is 4.23. The quantitative estimate of drug-likeness (QED) is 0.711. The lowest BCUT2D eigenvalue weighted by atomic mass is 10.1. The topological polar surface area (TPSA) is 41.6 Å². The van der Waals surface area contributed by atoms with E-state index in [0.29, 0.717) is 11.1 Å². The van der Waals surface area contributed by atoms with Crippen molar-refractivity contribution in [1.29, 1.82) is 0 Å². The van der Waals surface area contributed by atoms with Crippen LogP contribution < -0.4 is 0 Å². The first kappa shape index (κ1) is 8.51. The first-order valence-electron chi connectivity index (χ1n) is 4.18. The van der Waals surface area contributed by atoms with Gasteiger partial charge in [-0.05, 0) is 5.92 Å². The Kier molecular flexibility index (Phi) is 1.96. The minimum atomic E-state index is 0.424. The van der Waals surface area contributed by atoms with Gasteiger partial charge in [0.1, 0.15) is 5.15 Å². The molecule has 0 unspecified atom stereocenters. The van der Waals surface area contributed by atoms with Crippen molar-refractivity contribution in [2.24, 2.45) is 0 Å². The molecule has 0 aromatic carbocycles. The second-order valence-corrected chi connectivity index (χ2v) is 3.70. The lowest BCUT2D eigenvalue weighted by Gasteiger charge is -1.99. The van der Waals surface area contributed by atoms with Gasteiger partial charge in [-0.25, -0.2) is 4.98 Å². The molecule has 3 nitrogen and oxygen atoms in total. The zero-order valence-electron chi connectivity index (χ0n) is 7.50. The molecule has 2 rings (SSSR count). The number of pyridine rings is 1. The Balaban J connectivity index is 2.69. The van der Waals surface area contributed by atoms with Crippen LogP contribution in [0, 0.1) is 0 Å². The van der Waals surface area contributed by atoms with Crippen molar-refractivity contribution in [3.8, 4) is 0 Å². The highest BCUT2D eigenvalue weighted by molar-refractivity contribution is 6.30. The predicted molar refractivity (Wildman–Crippen MR) is 53.0 cm³/mol. The van der Waals surface area contributed by atoms with Gasteiger partial charge in [-0.3, -0.25) is 5.10 Å². The fraction of sp³-hybridized carbons (Fsp3) is 0.333. The zero-order valence-corrected chi connectivity index (χ0v) is 8.26. The molecule has 2 aromatic rings. The third-order valence-corrected chi connectivity index (χ3v) is 2.22. The minimum Gasteiger partial charge on any atom is -0.281 e. The Hall–Kier alpha value is -1.09. The fourth-order valence-electron chi connectivity index (χ4n) is 1.34. The summed E-state index contributed by atoms with van der Waals surface area (Å²) in [5, 5.41) is 8.68. The molecule has 1 N–H and O–H groups in total. The van der Waals surface area contributed by atoms with Crippen LogP contribution >= 0.6 is 11.6 Å². The normalized spacial score (nSPS) is 11.4. The first-order valence-corrected chi connectivity index (χ1v) is 4.56. The maximum Gasteiger partial charge on any atom is 0.131 e. The molecular weight excluding hydrogens is 186 g/mol. The van der Waals surface area contributed by atoms with Crippen molar-refractivity contribution in [1.82, 2.24) is 15.2 Å². The van der Waals surface area contributed by atoms with Gasteiger partial charge in [-0.1, -0.05) is 25.4 Å². The zero-order chi connectivity index (χ0) is 9.42. The van der Waals surface area contributed by atoms with Crippen LogP contribution in [0.5, 0.6) is 0 Å². The molecule has 68 valence electrons. The van der Waals surface area contributed by atoms with Crippen molar-refractivity contribution in [2.45, 2.75) is 19.8 Å². The summed E-state index contributed by atoms with van der Waals surface area (Å²) in [5.41, 5.74) is 1.99. The average Bonchev–Trinajstić information content (AvgIpc) is 2.46. The highest BCUT2D eigenvalue weighted by Gasteiger charge is 2.08. The largest absolute Gasteiger partial charge is 0.281 e. The number of hydrogen-bond acceptors (Lipinski definition) is 2. The van der Waals surface area contributed by atoms with E-state index in [2.05, 4.69) is 29.0 Å². The van der Waals surface area contributed by atoms with E-state index in [-0.39, 0.29) is 0 Å². The maximum atomic E-state index is 5.74. The van der Waals surface area contributed by atoms with Crippen LogP contribution in [0.2, 0.25) is 5.15 Å². The number of fused-ring (bicyclic) bond motifs is 1. The maximum absolute atomic E-state index is 5.74. The average molecular weight is 196 g/mol. The van der Waals surface area contributed by atoms with Gasteiger partial charge in [0.05, 0.1) is 5.52 Å². The molecule has 0 amide bonds. The Bertz CT molecular complexity index is 433. The molecule has 0 aliphatic heterocycles. The summed E-state index contributed by atoms with van der Waals surface area (Å²) < 4.78 is 0. The van der Waals surface area contributed by atoms with Gasteiger partial charge in [-0.15, -0.1) is 0 Å². The number of nitrogens with zero attached hydrogens (tertiary/aromatic N) is 2. The summed E-state index contributed by atoms with van der Waals surface area (Å²) >= 11 is 5.74. The Morgan fingerprint density at radius 1 is 1.46 bits per heavy atom. The van der Waals surface area contributed by atoms with Crippen molar-refractivity contribution in [3.05, 3.63) is 23.1 Å². The van der Waals surface area contributed by atoms with Crippen LogP contribution in [-0.4, -0.2) is 15.2 Å². The molecule has 0 bridgehead atoms. The molecule has 0 aliphatic carbocycles. The standard InChI is InChI=1S/C9H10ClN3/c1-5(2)9-6-4-11-8(10)3-7(6)12-13-9/h3-5H,1-2H3,(H,12,13). The van der Waals surface area contributed by atoms with Gasteiger partial charge in [0, 0.05) is 23.3 Å². The number of hydrogen-bond donors (Lipinski definition) is 1. The molecule has 0 fully saturated rings. The summed E-state index contributed by atoms with van der Waals surface area (Å²) in [7, 11) is 0. The molecule has 0 atom stereocenters. The summed E-state index contributed by atoms with van der Waals surface area (Å²) in [5.74, 6) is 0.424. The number of rotatable bonds is 1. The molecule has 0 saturated carbocycles. The van der Waals surface area contributed by atoms with Crippen molar-refractivity contribution in [3.63, 3.8) is 0 Å². The highest BCUT2D eigenvalue weighted by Crippen LogP contribution is 2.23. The lowest BCUT2D eigenvalue weighted by Crippen LogP contribution is -1.87. The van der Waals surface area contributed by atoms with E-state index >= 15 is 0 Å². The van der Waals surface area contributed by atoms with E-state index in [4.69, 9.17) is 11.6 Å². The molecule has 0 radical (unpaired) electrons. The number of H-pyrrole nitrogens is 1. The first-order chi connectivity index (χ1) is 6.18. The SMILES string of the molecule is CC(C)c1[nH]nc2cc(Cl)ncc12. The molecule has 2 aromatic heterocycles. The van der Waals surface area contributed by atoms with Gasteiger partial charge < -0.3 is 0 Å². The molecule has 0 saturated heterocycles. The van der Waals surface area contributed by atoms with E-state index in [1.54, 1.807) is 12.3 Å². The Labute approximate surface area is 81.1 Å². The Morgan fingerprint density at radius 3 is 2.92 bits per heavy atom. The van der Waals surface area contributed by atoms with Crippen molar-refractivity contribution < 1.29 is 0 Å². The fourth-order valence-corrected chi connectivity index (χ4v) is 1.49. The second kappa shape index (κ2) is 3.00. The van der Waals surface area contributed by atoms with Crippen molar-refractivity contribution in [2.75, 3.05) is 0 Å². The van der Waals surface area contributed by atoms with Crippen LogP contribution in [0.15, 0.2) is 12.3 Å². The third kappa shape index (κ3) is 1.40. The lowest BCUT2D eigenvalue weighted by molar-refractivity contribution is 0.817. The van der Waals surface area contributed by atoms with E-state index < -0.39 is 0 Å². The van der Waals surface area contributed by atoms with Crippen LogP contribution in [0.4, 0.5) is 0 Å². The number of nitrogens with one attached hydrogen (secondary N) is 1. The van der Waals surface area contributed by atoms with Crippen molar-refractivity contribution >= 4 is 22.5 Å². The summed E-state index contributed by atoms with van der Waals surface area (Å²) in [6, 6.07) is 1.76. The smallest absolute Gasteiger partial charge is 0.131 e. The van der Waals surface area contributed by atoms with Gasteiger partial charge in [-0.2, -0.15) is 5.10 Å². The molecular formula is C9H10ClN3. The second-order valence-electron chi connectivity index (χ2n) is 3.32. The van der Waals surface area contributed by atoms with Crippen LogP contribution in [0.25, 0.3) is 10.9 Å². The van der Waals surface area contributed by atoms with Gasteiger partial charge in [0.25, 0.3) is 0 Å². The van der Waals surface area contributed by atoms with E-state index in [1.165, 1.54) is 0 Å². The van der Waals surface area contributed by atoms with Gasteiger partial charge >= 0.3 is 0 Å².